The standard InChI is InChI=1S/C5H12O2.2C4H8/c1-5(2,3-6)4-7;2*1-4(2)3/h6-7H,3-4H2,1-2H3;2*1H2,2-3H3. The van der Waals surface area contributed by atoms with Crippen LogP contribution in [-0.2, 0) is 0 Å². The predicted octanol–water partition coefficient (Wildman–Crippen LogP) is 3.16. The molecule has 0 fully saturated rings. The van der Waals surface area contributed by atoms with Gasteiger partial charge in [-0.2, -0.15) is 0 Å². The second-order valence-electron chi connectivity index (χ2n) is 4.89. The van der Waals surface area contributed by atoms with Crippen molar-refractivity contribution in [1.82, 2.24) is 0 Å². The van der Waals surface area contributed by atoms with Crippen LogP contribution in [0.2, 0.25) is 0 Å². The molecular formula is C13H28O2. The third-order valence-electron chi connectivity index (χ3n) is 0.856. The van der Waals surface area contributed by atoms with Crippen LogP contribution in [0, 0.1) is 5.41 Å². The fourth-order valence-corrected chi connectivity index (χ4v) is 0.0500. The van der Waals surface area contributed by atoms with Crippen molar-refractivity contribution in [3.8, 4) is 0 Å². The molecule has 0 saturated carbocycles. The first kappa shape index (κ1) is 19.9. The van der Waals surface area contributed by atoms with Crippen LogP contribution >= 0.6 is 0 Å². The fraction of sp³-hybridized carbons (Fsp3) is 0.692. The molecule has 2 N–H and O–H groups in total. The van der Waals surface area contributed by atoms with E-state index in [9.17, 15) is 0 Å². The molecule has 0 rings (SSSR count). The van der Waals surface area contributed by atoms with Gasteiger partial charge < -0.3 is 10.2 Å². The van der Waals surface area contributed by atoms with E-state index in [2.05, 4.69) is 13.2 Å². The maximum atomic E-state index is 8.43. The molecule has 2 heteroatoms. The molecule has 0 unspecified atom stereocenters. The minimum absolute atomic E-state index is 0.0451. The highest BCUT2D eigenvalue weighted by Gasteiger charge is 2.13. The van der Waals surface area contributed by atoms with Crippen LogP contribution in [0.25, 0.3) is 0 Å². The van der Waals surface area contributed by atoms with Crippen LogP contribution in [-0.4, -0.2) is 23.4 Å². The van der Waals surface area contributed by atoms with E-state index >= 15 is 0 Å². The first-order valence-electron chi connectivity index (χ1n) is 5.05. The summed E-state index contributed by atoms with van der Waals surface area (Å²) in [5.41, 5.74) is 2.03. The van der Waals surface area contributed by atoms with Gasteiger partial charge in [-0.3, -0.25) is 0 Å². The molecule has 0 aliphatic rings. The fourth-order valence-electron chi connectivity index (χ4n) is 0.0500. The molecule has 15 heavy (non-hydrogen) atoms. The van der Waals surface area contributed by atoms with E-state index in [1.54, 1.807) is 13.8 Å². The lowest BCUT2D eigenvalue weighted by Gasteiger charge is -2.16. The van der Waals surface area contributed by atoms with Crippen LogP contribution < -0.4 is 0 Å². The molecule has 0 radical (unpaired) electrons. The summed E-state index contributed by atoms with van der Waals surface area (Å²) in [5, 5.41) is 16.9. The highest BCUT2D eigenvalue weighted by molar-refractivity contribution is 4.79. The van der Waals surface area contributed by atoms with Crippen molar-refractivity contribution in [1.29, 1.82) is 0 Å². The Balaban J connectivity index is -0.000000155. The highest BCUT2D eigenvalue weighted by Crippen LogP contribution is 2.10. The van der Waals surface area contributed by atoms with Crippen molar-refractivity contribution >= 4 is 0 Å². The van der Waals surface area contributed by atoms with Crippen molar-refractivity contribution in [2.24, 2.45) is 5.41 Å². The summed E-state index contributed by atoms with van der Waals surface area (Å²) >= 11 is 0. The van der Waals surface area contributed by atoms with Gasteiger partial charge in [-0.15, -0.1) is 13.2 Å². The maximum absolute atomic E-state index is 8.43. The number of aliphatic hydroxyl groups is 2. The number of allylic oxidation sites excluding steroid dienone is 2. The monoisotopic (exact) mass is 216 g/mol. The van der Waals surface area contributed by atoms with Gasteiger partial charge in [-0.05, 0) is 27.7 Å². The SMILES string of the molecule is C=C(C)C.C=C(C)C.CC(C)(CO)CO. The van der Waals surface area contributed by atoms with E-state index in [1.165, 1.54) is 11.1 Å². The third kappa shape index (κ3) is 59.7. The van der Waals surface area contributed by atoms with Gasteiger partial charge in [0, 0.05) is 5.41 Å². The lowest BCUT2D eigenvalue weighted by atomic mass is 9.97. The molecule has 0 amide bonds. The summed E-state index contributed by atoms with van der Waals surface area (Å²) in [6.45, 7) is 18.7. The Morgan fingerprint density at radius 2 is 1.00 bits per heavy atom. The van der Waals surface area contributed by atoms with Crippen molar-refractivity contribution in [3.05, 3.63) is 24.3 Å². The van der Waals surface area contributed by atoms with Crippen LogP contribution in [0.15, 0.2) is 24.3 Å². The number of rotatable bonds is 2. The lowest BCUT2D eigenvalue weighted by Crippen LogP contribution is -2.20. The number of aliphatic hydroxyl groups excluding tert-OH is 2. The van der Waals surface area contributed by atoms with Gasteiger partial charge in [0.25, 0.3) is 0 Å². The average Bonchev–Trinajstić information content (AvgIpc) is 2.02. The predicted molar refractivity (Wildman–Crippen MR) is 68.9 cm³/mol. The normalized spacial score (nSPS) is 9.07. The van der Waals surface area contributed by atoms with Crippen molar-refractivity contribution in [3.63, 3.8) is 0 Å². The van der Waals surface area contributed by atoms with E-state index in [0.29, 0.717) is 0 Å². The van der Waals surface area contributed by atoms with Crippen molar-refractivity contribution in [2.45, 2.75) is 41.5 Å². The van der Waals surface area contributed by atoms with E-state index in [4.69, 9.17) is 10.2 Å². The molecule has 0 spiro atoms. The van der Waals surface area contributed by atoms with E-state index in [1.807, 2.05) is 27.7 Å². The Morgan fingerprint density at radius 3 is 1.00 bits per heavy atom. The van der Waals surface area contributed by atoms with Crippen LogP contribution in [0.3, 0.4) is 0 Å². The van der Waals surface area contributed by atoms with E-state index in [0.717, 1.165) is 0 Å². The zero-order valence-electron chi connectivity index (χ0n) is 11.2. The average molecular weight is 216 g/mol. The minimum Gasteiger partial charge on any atom is -0.396 e. The first-order valence-corrected chi connectivity index (χ1v) is 5.05. The highest BCUT2D eigenvalue weighted by atomic mass is 16.3. The Kier molecular flexibility index (Phi) is 15.2. The van der Waals surface area contributed by atoms with Crippen LogP contribution in [0.4, 0.5) is 0 Å². The van der Waals surface area contributed by atoms with Gasteiger partial charge in [0.15, 0.2) is 0 Å². The van der Waals surface area contributed by atoms with Gasteiger partial charge in [-0.25, -0.2) is 0 Å². The third-order valence-corrected chi connectivity index (χ3v) is 0.856. The number of hydrogen-bond donors (Lipinski definition) is 2. The summed E-state index contributed by atoms with van der Waals surface area (Å²) < 4.78 is 0. The molecule has 0 atom stereocenters. The Hall–Kier alpha value is -0.600. The molecule has 2 nitrogen and oxygen atoms in total. The first-order chi connectivity index (χ1) is 6.59. The zero-order chi connectivity index (χ0) is 13.1. The molecular weight excluding hydrogens is 188 g/mol. The van der Waals surface area contributed by atoms with Gasteiger partial charge in [-0.1, -0.05) is 25.0 Å². The van der Waals surface area contributed by atoms with Crippen molar-refractivity contribution in [2.75, 3.05) is 13.2 Å². The molecule has 0 saturated heterocycles. The van der Waals surface area contributed by atoms with Gasteiger partial charge >= 0.3 is 0 Å². The van der Waals surface area contributed by atoms with E-state index in [-0.39, 0.29) is 18.6 Å². The molecule has 0 aromatic heterocycles. The molecule has 0 aromatic rings. The quantitative estimate of drug-likeness (QED) is 0.696. The minimum atomic E-state index is -0.306. The summed E-state index contributed by atoms with van der Waals surface area (Å²) in [6, 6.07) is 0. The van der Waals surface area contributed by atoms with Gasteiger partial charge in [0.05, 0.1) is 13.2 Å². The van der Waals surface area contributed by atoms with Crippen LogP contribution in [0.1, 0.15) is 41.5 Å². The summed E-state index contributed by atoms with van der Waals surface area (Å²) in [5.74, 6) is 0. The van der Waals surface area contributed by atoms with Crippen LogP contribution in [0.5, 0.6) is 0 Å². The second kappa shape index (κ2) is 11.5. The topological polar surface area (TPSA) is 40.5 Å². The molecule has 0 bridgehead atoms. The molecule has 0 aliphatic carbocycles. The Labute approximate surface area is 95.3 Å². The second-order valence-corrected chi connectivity index (χ2v) is 4.89. The summed E-state index contributed by atoms with van der Waals surface area (Å²) in [6.07, 6.45) is 0. The summed E-state index contributed by atoms with van der Waals surface area (Å²) in [7, 11) is 0. The number of hydrogen-bond acceptors (Lipinski definition) is 2. The molecule has 0 aromatic carbocycles. The summed E-state index contributed by atoms with van der Waals surface area (Å²) in [4.78, 5) is 0. The zero-order valence-corrected chi connectivity index (χ0v) is 11.2. The molecule has 0 aliphatic heterocycles. The lowest BCUT2D eigenvalue weighted by molar-refractivity contribution is 0.0857. The Bertz CT molecular complexity index is 143. The largest absolute Gasteiger partial charge is 0.396 e. The maximum Gasteiger partial charge on any atom is 0.0504 e. The Morgan fingerprint density at radius 1 is 0.867 bits per heavy atom. The molecule has 0 heterocycles. The molecule has 92 valence electrons. The van der Waals surface area contributed by atoms with Crippen molar-refractivity contribution < 1.29 is 10.2 Å². The van der Waals surface area contributed by atoms with E-state index < -0.39 is 0 Å². The smallest absolute Gasteiger partial charge is 0.0504 e. The van der Waals surface area contributed by atoms with Gasteiger partial charge in [0.1, 0.15) is 0 Å². The van der Waals surface area contributed by atoms with Gasteiger partial charge in [0.2, 0.25) is 0 Å².